The highest BCUT2D eigenvalue weighted by Gasteiger charge is 2.19. The molecule has 0 aliphatic carbocycles. The van der Waals surface area contributed by atoms with E-state index in [-0.39, 0.29) is 12.3 Å². The summed E-state index contributed by atoms with van der Waals surface area (Å²) in [6, 6.07) is 3.55. The lowest BCUT2D eigenvalue weighted by atomic mass is 10.2. The highest BCUT2D eigenvalue weighted by molar-refractivity contribution is 5.00. The minimum atomic E-state index is -0.356. The Bertz CT molecular complexity index is 242. The molecule has 4 heteroatoms. The molecule has 0 aliphatic rings. The van der Waals surface area contributed by atoms with Crippen molar-refractivity contribution in [3.63, 3.8) is 0 Å². The van der Waals surface area contributed by atoms with Crippen molar-refractivity contribution in [1.82, 2.24) is 0 Å². The SMILES string of the molecule is CCOC(OCC)C(N)Cc1ccco1. The molecule has 1 aromatic rings. The van der Waals surface area contributed by atoms with Crippen LogP contribution in [0, 0.1) is 0 Å². The second kappa shape index (κ2) is 6.61. The van der Waals surface area contributed by atoms with Gasteiger partial charge in [-0.1, -0.05) is 0 Å². The van der Waals surface area contributed by atoms with Gasteiger partial charge in [-0.25, -0.2) is 0 Å². The molecule has 1 rings (SSSR count). The Morgan fingerprint density at radius 2 is 2.00 bits per heavy atom. The number of ether oxygens (including phenoxy) is 2. The van der Waals surface area contributed by atoms with Gasteiger partial charge in [0.2, 0.25) is 0 Å². The molecular formula is C11H19NO3. The Kier molecular flexibility index (Phi) is 5.39. The predicted molar refractivity (Wildman–Crippen MR) is 57.4 cm³/mol. The first-order valence-electron chi connectivity index (χ1n) is 5.29. The molecule has 0 aromatic carbocycles. The lowest BCUT2D eigenvalue weighted by Gasteiger charge is -2.22. The lowest BCUT2D eigenvalue weighted by molar-refractivity contribution is -0.148. The molecule has 0 radical (unpaired) electrons. The average molecular weight is 213 g/mol. The number of furan rings is 1. The Labute approximate surface area is 90.3 Å². The van der Waals surface area contributed by atoms with E-state index in [0.29, 0.717) is 19.6 Å². The molecule has 0 saturated heterocycles. The van der Waals surface area contributed by atoms with Crippen molar-refractivity contribution >= 4 is 0 Å². The van der Waals surface area contributed by atoms with E-state index in [0.717, 1.165) is 5.76 Å². The van der Waals surface area contributed by atoms with Gasteiger partial charge < -0.3 is 19.6 Å². The van der Waals surface area contributed by atoms with E-state index in [1.54, 1.807) is 6.26 Å². The van der Waals surface area contributed by atoms with Crippen LogP contribution in [0.15, 0.2) is 22.8 Å². The maximum atomic E-state index is 5.97. The smallest absolute Gasteiger partial charge is 0.172 e. The fourth-order valence-electron chi connectivity index (χ4n) is 1.38. The summed E-state index contributed by atoms with van der Waals surface area (Å²) in [5.41, 5.74) is 5.97. The van der Waals surface area contributed by atoms with E-state index in [9.17, 15) is 0 Å². The summed E-state index contributed by atoms with van der Waals surface area (Å²) in [6.45, 7) is 5.03. The second-order valence-electron chi connectivity index (χ2n) is 3.23. The minimum absolute atomic E-state index is 0.198. The molecule has 4 nitrogen and oxygen atoms in total. The summed E-state index contributed by atoms with van der Waals surface area (Å²) in [7, 11) is 0. The maximum Gasteiger partial charge on any atom is 0.172 e. The molecule has 0 saturated carbocycles. The highest BCUT2D eigenvalue weighted by Crippen LogP contribution is 2.08. The number of hydrogen-bond acceptors (Lipinski definition) is 4. The fourth-order valence-corrected chi connectivity index (χ4v) is 1.38. The molecule has 86 valence electrons. The van der Waals surface area contributed by atoms with Crippen molar-refractivity contribution < 1.29 is 13.9 Å². The molecule has 1 aromatic heterocycles. The number of hydrogen-bond donors (Lipinski definition) is 1. The molecule has 2 N–H and O–H groups in total. The molecule has 0 bridgehead atoms. The van der Waals surface area contributed by atoms with Crippen LogP contribution in [-0.2, 0) is 15.9 Å². The minimum Gasteiger partial charge on any atom is -0.469 e. The Hall–Kier alpha value is -0.840. The summed E-state index contributed by atoms with van der Waals surface area (Å²) in [5.74, 6) is 0.854. The molecule has 0 spiro atoms. The monoisotopic (exact) mass is 213 g/mol. The molecule has 1 heterocycles. The number of nitrogens with two attached hydrogens (primary N) is 1. The van der Waals surface area contributed by atoms with Crippen LogP contribution < -0.4 is 5.73 Å². The Morgan fingerprint density at radius 3 is 2.47 bits per heavy atom. The van der Waals surface area contributed by atoms with E-state index < -0.39 is 0 Å². The van der Waals surface area contributed by atoms with Crippen LogP contribution in [0.4, 0.5) is 0 Å². The van der Waals surface area contributed by atoms with Gasteiger partial charge in [-0.3, -0.25) is 0 Å². The van der Waals surface area contributed by atoms with Gasteiger partial charge in [0.1, 0.15) is 5.76 Å². The third kappa shape index (κ3) is 4.03. The summed E-state index contributed by atoms with van der Waals surface area (Å²) in [6.07, 6.45) is 1.90. The van der Waals surface area contributed by atoms with Crippen molar-refractivity contribution in [3.8, 4) is 0 Å². The van der Waals surface area contributed by atoms with Gasteiger partial charge in [0.15, 0.2) is 6.29 Å². The third-order valence-electron chi connectivity index (χ3n) is 2.03. The first-order valence-corrected chi connectivity index (χ1v) is 5.29. The molecular weight excluding hydrogens is 194 g/mol. The van der Waals surface area contributed by atoms with E-state index in [4.69, 9.17) is 19.6 Å². The first kappa shape index (κ1) is 12.2. The van der Waals surface area contributed by atoms with Gasteiger partial charge in [0, 0.05) is 19.6 Å². The van der Waals surface area contributed by atoms with Crippen molar-refractivity contribution in [2.75, 3.05) is 13.2 Å². The molecule has 1 unspecified atom stereocenters. The zero-order valence-corrected chi connectivity index (χ0v) is 9.31. The average Bonchev–Trinajstić information content (AvgIpc) is 2.70. The molecule has 15 heavy (non-hydrogen) atoms. The van der Waals surface area contributed by atoms with Gasteiger partial charge in [-0.2, -0.15) is 0 Å². The maximum absolute atomic E-state index is 5.97. The number of rotatable bonds is 7. The van der Waals surface area contributed by atoms with E-state index in [1.165, 1.54) is 0 Å². The summed E-state index contributed by atoms with van der Waals surface area (Å²) in [5, 5.41) is 0. The summed E-state index contributed by atoms with van der Waals surface area (Å²) in [4.78, 5) is 0. The third-order valence-corrected chi connectivity index (χ3v) is 2.03. The van der Waals surface area contributed by atoms with E-state index in [2.05, 4.69) is 0 Å². The lowest BCUT2D eigenvalue weighted by Crippen LogP contribution is -2.40. The Balaban J connectivity index is 2.44. The van der Waals surface area contributed by atoms with Crippen LogP contribution in [0.3, 0.4) is 0 Å². The van der Waals surface area contributed by atoms with Gasteiger partial charge in [-0.05, 0) is 26.0 Å². The van der Waals surface area contributed by atoms with Crippen molar-refractivity contribution in [2.45, 2.75) is 32.6 Å². The van der Waals surface area contributed by atoms with E-state index >= 15 is 0 Å². The Morgan fingerprint density at radius 1 is 1.33 bits per heavy atom. The van der Waals surface area contributed by atoms with Crippen LogP contribution in [0.2, 0.25) is 0 Å². The zero-order valence-electron chi connectivity index (χ0n) is 9.31. The van der Waals surface area contributed by atoms with Crippen LogP contribution in [0.25, 0.3) is 0 Å². The van der Waals surface area contributed by atoms with Crippen LogP contribution in [-0.4, -0.2) is 25.5 Å². The van der Waals surface area contributed by atoms with Crippen LogP contribution in [0.1, 0.15) is 19.6 Å². The van der Waals surface area contributed by atoms with Crippen LogP contribution >= 0.6 is 0 Å². The van der Waals surface area contributed by atoms with Gasteiger partial charge in [0.05, 0.1) is 12.3 Å². The van der Waals surface area contributed by atoms with Crippen molar-refractivity contribution in [1.29, 1.82) is 0 Å². The fraction of sp³-hybridized carbons (Fsp3) is 0.636. The standard InChI is InChI=1S/C11H19NO3/c1-3-13-11(14-4-2)10(12)8-9-6-5-7-15-9/h5-7,10-11H,3-4,8,12H2,1-2H3. The van der Waals surface area contributed by atoms with Gasteiger partial charge >= 0.3 is 0 Å². The first-order chi connectivity index (χ1) is 7.27. The molecule has 0 aliphatic heterocycles. The van der Waals surface area contributed by atoms with E-state index in [1.807, 2.05) is 26.0 Å². The molecule has 0 fully saturated rings. The highest BCUT2D eigenvalue weighted by atomic mass is 16.7. The summed E-state index contributed by atoms with van der Waals surface area (Å²) >= 11 is 0. The largest absolute Gasteiger partial charge is 0.469 e. The summed E-state index contributed by atoms with van der Waals surface area (Å²) < 4.78 is 16.0. The molecule has 0 amide bonds. The van der Waals surface area contributed by atoms with Gasteiger partial charge in [-0.15, -0.1) is 0 Å². The topological polar surface area (TPSA) is 57.6 Å². The van der Waals surface area contributed by atoms with Gasteiger partial charge in [0.25, 0.3) is 0 Å². The van der Waals surface area contributed by atoms with Crippen molar-refractivity contribution in [2.24, 2.45) is 5.73 Å². The van der Waals surface area contributed by atoms with Crippen molar-refractivity contribution in [3.05, 3.63) is 24.2 Å². The molecule has 1 atom stereocenters. The second-order valence-corrected chi connectivity index (χ2v) is 3.23. The predicted octanol–water partition coefficient (Wildman–Crippen LogP) is 1.55. The normalized spacial score (nSPS) is 13.3. The van der Waals surface area contributed by atoms with Crippen LogP contribution in [0.5, 0.6) is 0 Å². The quantitative estimate of drug-likeness (QED) is 0.698. The zero-order chi connectivity index (χ0) is 11.1.